The molecule has 6 heteroatoms. The standard InChI is InChI=1S/C21H22N2O4/c1-27-21(26)17-9-7-15(8-10-17)12-22-20(25)18-11-19(24)23(14-18)13-16-5-3-2-4-6-16/h2-10,18H,11-14H2,1H3,(H,22,25)/t18-/m0/s1. The third kappa shape index (κ3) is 4.73. The molecule has 6 nitrogen and oxygen atoms in total. The Balaban J connectivity index is 1.51. The molecule has 1 N–H and O–H groups in total. The molecule has 140 valence electrons. The quantitative estimate of drug-likeness (QED) is 0.795. The molecule has 1 aliphatic rings. The van der Waals surface area contributed by atoms with Crippen molar-refractivity contribution in [3.63, 3.8) is 0 Å². The van der Waals surface area contributed by atoms with Crippen molar-refractivity contribution >= 4 is 17.8 Å². The maximum Gasteiger partial charge on any atom is 0.337 e. The molecule has 0 unspecified atom stereocenters. The first-order chi connectivity index (χ1) is 13.1. The van der Waals surface area contributed by atoms with Crippen molar-refractivity contribution in [2.45, 2.75) is 19.5 Å². The van der Waals surface area contributed by atoms with Gasteiger partial charge >= 0.3 is 5.97 Å². The average molecular weight is 366 g/mol. The predicted molar refractivity (Wildman–Crippen MR) is 99.6 cm³/mol. The summed E-state index contributed by atoms with van der Waals surface area (Å²) in [6.45, 7) is 1.31. The number of esters is 1. The fourth-order valence-corrected chi connectivity index (χ4v) is 3.11. The molecule has 1 fully saturated rings. The van der Waals surface area contributed by atoms with Crippen LogP contribution < -0.4 is 5.32 Å². The summed E-state index contributed by atoms with van der Waals surface area (Å²) in [6, 6.07) is 16.6. The monoisotopic (exact) mass is 366 g/mol. The van der Waals surface area contributed by atoms with Crippen LogP contribution in [0.15, 0.2) is 54.6 Å². The molecule has 0 aromatic heterocycles. The smallest absolute Gasteiger partial charge is 0.337 e. The van der Waals surface area contributed by atoms with Gasteiger partial charge in [-0.1, -0.05) is 42.5 Å². The largest absolute Gasteiger partial charge is 0.465 e. The Morgan fingerprint density at radius 3 is 2.44 bits per heavy atom. The zero-order valence-electron chi connectivity index (χ0n) is 15.2. The number of nitrogens with one attached hydrogen (secondary N) is 1. The Bertz CT molecular complexity index is 818. The molecule has 1 saturated heterocycles. The van der Waals surface area contributed by atoms with Crippen molar-refractivity contribution in [2.75, 3.05) is 13.7 Å². The van der Waals surface area contributed by atoms with Crippen LogP contribution >= 0.6 is 0 Å². The Morgan fingerprint density at radius 2 is 1.78 bits per heavy atom. The molecule has 0 radical (unpaired) electrons. The summed E-state index contributed by atoms with van der Waals surface area (Å²) in [4.78, 5) is 37.8. The lowest BCUT2D eigenvalue weighted by Gasteiger charge is -2.16. The van der Waals surface area contributed by atoms with Gasteiger partial charge in [-0.25, -0.2) is 4.79 Å². The van der Waals surface area contributed by atoms with Crippen LogP contribution in [-0.2, 0) is 27.4 Å². The first kappa shape index (κ1) is 18.6. The number of amides is 2. The maximum absolute atomic E-state index is 12.4. The highest BCUT2D eigenvalue weighted by Crippen LogP contribution is 2.20. The molecule has 2 aromatic carbocycles. The minimum Gasteiger partial charge on any atom is -0.465 e. The molecule has 0 spiro atoms. The zero-order chi connectivity index (χ0) is 19.2. The van der Waals surface area contributed by atoms with Crippen molar-refractivity contribution in [2.24, 2.45) is 5.92 Å². The van der Waals surface area contributed by atoms with Gasteiger partial charge in [0, 0.05) is 26.1 Å². The molecule has 0 saturated carbocycles. The third-order valence-corrected chi connectivity index (χ3v) is 4.64. The topological polar surface area (TPSA) is 75.7 Å². The number of hydrogen-bond donors (Lipinski definition) is 1. The fraction of sp³-hybridized carbons (Fsp3) is 0.286. The van der Waals surface area contributed by atoms with Gasteiger partial charge in [0.2, 0.25) is 11.8 Å². The fourth-order valence-electron chi connectivity index (χ4n) is 3.11. The molecule has 1 aliphatic heterocycles. The SMILES string of the molecule is COC(=O)c1ccc(CNC(=O)[C@H]2CC(=O)N(Cc3ccccc3)C2)cc1. The van der Waals surface area contributed by atoms with Crippen molar-refractivity contribution in [1.29, 1.82) is 0 Å². The third-order valence-electron chi connectivity index (χ3n) is 4.64. The molecule has 3 rings (SSSR count). The van der Waals surface area contributed by atoms with Crippen LogP contribution in [0.3, 0.4) is 0 Å². The second kappa shape index (κ2) is 8.49. The summed E-state index contributed by atoms with van der Waals surface area (Å²) in [7, 11) is 1.33. The van der Waals surface area contributed by atoms with Crippen molar-refractivity contribution in [1.82, 2.24) is 10.2 Å². The number of likely N-dealkylation sites (tertiary alicyclic amines) is 1. The molecule has 1 heterocycles. The van der Waals surface area contributed by atoms with E-state index in [0.29, 0.717) is 25.2 Å². The number of hydrogen-bond acceptors (Lipinski definition) is 4. The summed E-state index contributed by atoms with van der Waals surface area (Å²) < 4.78 is 4.66. The second-order valence-corrected chi connectivity index (χ2v) is 6.57. The van der Waals surface area contributed by atoms with Gasteiger partial charge in [0.25, 0.3) is 0 Å². The van der Waals surface area contributed by atoms with E-state index in [4.69, 9.17) is 0 Å². The lowest BCUT2D eigenvalue weighted by molar-refractivity contribution is -0.129. The maximum atomic E-state index is 12.4. The highest BCUT2D eigenvalue weighted by Gasteiger charge is 2.34. The van der Waals surface area contributed by atoms with Gasteiger partial charge in [0.05, 0.1) is 18.6 Å². The highest BCUT2D eigenvalue weighted by atomic mass is 16.5. The van der Waals surface area contributed by atoms with E-state index in [1.807, 2.05) is 30.3 Å². The molecule has 2 amide bonds. The summed E-state index contributed by atoms with van der Waals surface area (Å²) in [6.07, 6.45) is 0.236. The number of methoxy groups -OCH3 is 1. The Hall–Kier alpha value is -3.15. The van der Waals surface area contributed by atoms with Gasteiger partial charge < -0.3 is 15.0 Å². The van der Waals surface area contributed by atoms with E-state index in [9.17, 15) is 14.4 Å². The van der Waals surface area contributed by atoms with Gasteiger partial charge in [-0.15, -0.1) is 0 Å². The Labute approximate surface area is 158 Å². The second-order valence-electron chi connectivity index (χ2n) is 6.57. The molecular formula is C21H22N2O4. The minimum absolute atomic E-state index is 0.00133. The molecule has 2 aromatic rings. The number of rotatable bonds is 6. The van der Waals surface area contributed by atoms with E-state index in [1.54, 1.807) is 29.2 Å². The highest BCUT2D eigenvalue weighted by molar-refractivity contribution is 5.90. The lowest BCUT2D eigenvalue weighted by atomic mass is 10.1. The molecule has 0 bridgehead atoms. The van der Waals surface area contributed by atoms with Gasteiger partial charge in [0.15, 0.2) is 0 Å². The Kier molecular flexibility index (Phi) is 5.86. The molecule has 1 atom stereocenters. The summed E-state index contributed by atoms with van der Waals surface area (Å²) in [5, 5.41) is 2.87. The van der Waals surface area contributed by atoms with E-state index in [2.05, 4.69) is 10.1 Å². The summed E-state index contributed by atoms with van der Waals surface area (Å²) in [5.74, 6) is -0.860. The predicted octanol–water partition coefficient (Wildman–Crippen LogP) is 2.14. The van der Waals surface area contributed by atoms with Crippen LogP contribution in [0.5, 0.6) is 0 Å². The minimum atomic E-state index is -0.395. The van der Waals surface area contributed by atoms with E-state index in [0.717, 1.165) is 11.1 Å². The van der Waals surface area contributed by atoms with Crippen LogP contribution in [0.25, 0.3) is 0 Å². The Morgan fingerprint density at radius 1 is 1.07 bits per heavy atom. The van der Waals surface area contributed by atoms with E-state index in [1.165, 1.54) is 7.11 Å². The summed E-state index contributed by atoms with van der Waals surface area (Å²) >= 11 is 0. The number of ether oxygens (including phenoxy) is 1. The van der Waals surface area contributed by atoms with Crippen molar-refractivity contribution in [3.8, 4) is 0 Å². The molecular weight excluding hydrogens is 344 g/mol. The lowest BCUT2D eigenvalue weighted by Crippen LogP contribution is -2.32. The number of benzene rings is 2. The summed E-state index contributed by atoms with van der Waals surface area (Å²) in [5.41, 5.74) is 2.39. The van der Waals surface area contributed by atoms with Crippen LogP contribution in [0.4, 0.5) is 0 Å². The van der Waals surface area contributed by atoms with E-state index < -0.39 is 5.97 Å². The van der Waals surface area contributed by atoms with Crippen LogP contribution in [0, 0.1) is 5.92 Å². The van der Waals surface area contributed by atoms with Crippen LogP contribution in [0.1, 0.15) is 27.9 Å². The van der Waals surface area contributed by atoms with E-state index >= 15 is 0 Å². The van der Waals surface area contributed by atoms with E-state index in [-0.39, 0.29) is 24.2 Å². The zero-order valence-corrected chi connectivity index (χ0v) is 15.2. The van der Waals surface area contributed by atoms with Crippen molar-refractivity contribution < 1.29 is 19.1 Å². The van der Waals surface area contributed by atoms with Crippen LogP contribution in [-0.4, -0.2) is 36.3 Å². The molecule has 27 heavy (non-hydrogen) atoms. The van der Waals surface area contributed by atoms with Crippen molar-refractivity contribution in [3.05, 3.63) is 71.3 Å². The van der Waals surface area contributed by atoms with Gasteiger partial charge in [-0.05, 0) is 23.3 Å². The van der Waals surface area contributed by atoms with Gasteiger partial charge in [-0.2, -0.15) is 0 Å². The van der Waals surface area contributed by atoms with Gasteiger partial charge in [-0.3, -0.25) is 9.59 Å². The normalized spacial score (nSPS) is 16.3. The first-order valence-electron chi connectivity index (χ1n) is 8.83. The number of carbonyl (C=O) groups excluding carboxylic acids is 3. The number of carbonyl (C=O) groups is 3. The number of nitrogens with zero attached hydrogens (tertiary/aromatic N) is 1. The van der Waals surface area contributed by atoms with Gasteiger partial charge in [0.1, 0.15) is 0 Å². The molecule has 0 aliphatic carbocycles. The average Bonchev–Trinajstić information content (AvgIpc) is 3.07. The first-order valence-corrected chi connectivity index (χ1v) is 8.83. The van der Waals surface area contributed by atoms with Crippen LogP contribution in [0.2, 0.25) is 0 Å².